The summed E-state index contributed by atoms with van der Waals surface area (Å²) in [6.45, 7) is 4.06. The summed E-state index contributed by atoms with van der Waals surface area (Å²) in [6.07, 6.45) is 0. The molecule has 3 rings (SSSR count). The molecule has 0 radical (unpaired) electrons. The van der Waals surface area contributed by atoms with Gasteiger partial charge in [-0.25, -0.2) is 4.98 Å². The lowest BCUT2D eigenvalue weighted by Gasteiger charge is -2.02. The molecule has 88 valence electrons. The number of halogens is 1. The number of nitrogens with one attached hydrogen (secondary N) is 1. The summed E-state index contributed by atoms with van der Waals surface area (Å²) in [7, 11) is 0. The Kier molecular flexibility index (Phi) is 3.17. The van der Waals surface area contributed by atoms with Crippen LogP contribution in [0.2, 0.25) is 0 Å². The van der Waals surface area contributed by atoms with Gasteiger partial charge in [0.25, 0.3) is 0 Å². The van der Waals surface area contributed by atoms with Crippen molar-refractivity contribution in [3.63, 3.8) is 0 Å². The number of aromatic amines is 1. The first-order valence-electron chi connectivity index (χ1n) is 5.11. The summed E-state index contributed by atoms with van der Waals surface area (Å²) >= 11 is 1.67. The third-order valence-electron chi connectivity index (χ3n) is 2.76. The Morgan fingerprint density at radius 3 is 2.76 bits per heavy atom. The second kappa shape index (κ2) is 4.47. The Morgan fingerprint density at radius 2 is 2.06 bits per heavy atom. The molecule has 0 amide bonds. The molecule has 3 nitrogen and oxygen atoms in total. The average molecular weight is 266 g/mol. The van der Waals surface area contributed by atoms with Gasteiger partial charge in [0.1, 0.15) is 0 Å². The van der Waals surface area contributed by atoms with Crippen molar-refractivity contribution in [2.45, 2.75) is 13.8 Å². The van der Waals surface area contributed by atoms with E-state index in [1.807, 2.05) is 19.4 Å². The summed E-state index contributed by atoms with van der Waals surface area (Å²) < 4.78 is 1.22. The maximum Gasteiger partial charge on any atom is 0.0891 e. The van der Waals surface area contributed by atoms with Gasteiger partial charge in [0.15, 0.2) is 0 Å². The molecular weight excluding hydrogens is 254 g/mol. The van der Waals surface area contributed by atoms with Crippen molar-refractivity contribution in [3.05, 3.63) is 35.1 Å². The van der Waals surface area contributed by atoms with E-state index in [1.54, 1.807) is 11.3 Å². The SMILES string of the molecule is Cc1n[nH]c(C)c1-c1cccc2scnc12.Cl. The first-order valence-corrected chi connectivity index (χ1v) is 5.99. The van der Waals surface area contributed by atoms with Gasteiger partial charge in [-0.3, -0.25) is 5.10 Å². The molecule has 2 heterocycles. The van der Waals surface area contributed by atoms with Crippen LogP contribution in [0.4, 0.5) is 0 Å². The van der Waals surface area contributed by atoms with Crippen LogP contribution in [0.25, 0.3) is 21.3 Å². The summed E-state index contributed by atoms with van der Waals surface area (Å²) in [4.78, 5) is 4.43. The molecule has 2 aromatic heterocycles. The highest BCUT2D eigenvalue weighted by atomic mass is 35.5. The van der Waals surface area contributed by atoms with Crippen molar-refractivity contribution in [1.82, 2.24) is 15.2 Å². The molecule has 0 unspecified atom stereocenters. The van der Waals surface area contributed by atoms with Crippen LogP contribution >= 0.6 is 23.7 Å². The lowest BCUT2D eigenvalue weighted by molar-refractivity contribution is 1.02. The molecule has 1 aromatic carbocycles. The third-order valence-corrected chi connectivity index (χ3v) is 3.55. The molecule has 0 aliphatic rings. The fraction of sp³-hybridized carbons (Fsp3) is 0.167. The number of thiazole rings is 1. The van der Waals surface area contributed by atoms with Crippen LogP contribution in [0.15, 0.2) is 23.7 Å². The molecule has 17 heavy (non-hydrogen) atoms. The van der Waals surface area contributed by atoms with Crippen LogP contribution in [0.1, 0.15) is 11.4 Å². The Hall–Kier alpha value is -1.39. The van der Waals surface area contributed by atoms with Crippen LogP contribution in [0.3, 0.4) is 0 Å². The summed E-state index contributed by atoms with van der Waals surface area (Å²) in [5.41, 5.74) is 7.42. The van der Waals surface area contributed by atoms with E-state index in [4.69, 9.17) is 0 Å². The van der Waals surface area contributed by atoms with E-state index in [0.717, 1.165) is 16.9 Å². The minimum Gasteiger partial charge on any atom is -0.282 e. The molecular formula is C12H12ClN3S. The number of aryl methyl sites for hydroxylation is 2. The predicted octanol–water partition coefficient (Wildman–Crippen LogP) is 3.73. The molecule has 0 atom stereocenters. The number of fused-ring (bicyclic) bond motifs is 1. The van der Waals surface area contributed by atoms with E-state index >= 15 is 0 Å². The molecule has 0 spiro atoms. The van der Waals surface area contributed by atoms with E-state index in [9.17, 15) is 0 Å². The fourth-order valence-electron chi connectivity index (χ4n) is 2.04. The van der Waals surface area contributed by atoms with Crippen LogP contribution in [0, 0.1) is 13.8 Å². The highest BCUT2D eigenvalue weighted by molar-refractivity contribution is 7.16. The minimum atomic E-state index is 0. The standard InChI is InChI=1S/C12H11N3S.ClH/c1-7-11(8(2)15-14-7)9-4-3-5-10-12(9)13-6-16-10;/h3-6H,1-2H3,(H,14,15);1H. The number of benzene rings is 1. The quantitative estimate of drug-likeness (QED) is 0.728. The zero-order valence-electron chi connectivity index (χ0n) is 9.52. The predicted molar refractivity (Wildman–Crippen MR) is 73.9 cm³/mol. The Balaban J connectivity index is 0.00000108. The number of rotatable bonds is 1. The zero-order chi connectivity index (χ0) is 11.1. The largest absolute Gasteiger partial charge is 0.282 e. The van der Waals surface area contributed by atoms with Crippen LogP contribution in [-0.4, -0.2) is 15.2 Å². The Bertz CT molecular complexity index is 637. The summed E-state index contributed by atoms with van der Waals surface area (Å²) in [6, 6.07) is 6.27. The number of hydrogen-bond acceptors (Lipinski definition) is 3. The molecule has 1 N–H and O–H groups in total. The van der Waals surface area contributed by atoms with Gasteiger partial charge in [-0.05, 0) is 19.9 Å². The first-order chi connectivity index (χ1) is 7.77. The summed E-state index contributed by atoms with van der Waals surface area (Å²) in [5.74, 6) is 0. The van der Waals surface area contributed by atoms with Gasteiger partial charge in [0.05, 0.1) is 21.4 Å². The van der Waals surface area contributed by atoms with Crippen molar-refractivity contribution in [2.24, 2.45) is 0 Å². The van der Waals surface area contributed by atoms with Gasteiger partial charge in [-0.15, -0.1) is 23.7 Å². The van der Waals surface area contributed by atoms with Crippen LogP contribution in [-0.2, 0) is 0 Å². The van der Waals surface area contributed by atoms with E-state index < -0.39 is 0 Å². The highest BCUT2D eigenvalue weighted by Gasteiger charge is 2.12. The highest BCUT2D eigenvalue weighted by Crippen LogP contribution is 2.32. The molecule has 5 heteroatoms. The van der Waals surface area contributed by atoms with Gasteiger partial charge in [-0.1, -0.05) is 12.1 Å². The normalized spacial score (nSPS) is 10.5. The Morgan fingerprint density at radius 1 is 1.24 bits per heavy atom. The van der Waals surface area contributed by atoms with E-state index in [0.29, 0.717) is 0 Å². The van der Waals surface area contributed by atoms with Crippen LogP contribution < -0.4 is 0 Å². The molecule has 3 aromatic rings. The molecule has 0 fully saturated rings. The molecule has 0 saturated carbocycles. The maximum atomic E-state index is 4.43. The monoisotopic (exact) mass is 265 g/mol. The third kappa shape index (κ3) is 1.83. The fourth-order valence-corrected chi connectivity index (χ4v) is 2.74. The van der Waals surface area contributed by atoms with Crippen molar-refractivity contribution >= 4 is 34.0 Å². The molecule has 0 aliphatic carbocycles. The van der Waals surface area contributed by atoms with Crippen molar-refractivity contribution in [2.75, 3.05) is 0 Å². The van der Waals surface area contributed by atoms with Gasteiger partial charge in [-0.2, -0.15) is 5.10 Å². The lowest BCUT2D eigenvalue weighted by Crippen LogP contribution is -1.83. The first kappa shape index (κ1) is 12.1. The van der Waals surface area contributed by atoms with Crippen LogP contribution in [0.5, 0.6) is 0 Å². The molecule has 0 bridgehead atoms. The second-order valence-electron chi connectivity index (χ2n) is 3.81. The van der Waals surface area contributed by atoms with Gasteiger partial charge < -0.3 is 0 Å². The topological polar surface area (TPSA) is 41.6 Å². The van der Waals surface area contributed by atoms with E-state index in [2.05, 4.69) is 33.4 Å². The van der Waals surface area contributed by atoms with Crippen molar-refractivity contribution < 1.29 is 0 Å². The van der Waals surface area contributed by atoms with Crippen molar-refractivity contribution in [1.29, 1.82) is 0 Å². The second-order valence-corrected chi connectivity index (χ2v) is 4.70. The lowest BCUT2D eigenvalue weighted by atomic mass is 10.0. The number of hydrogen-bond donors (Lipinski definition) is 1. The van der Waals surface area contributed by atoms with E-state index in [-0.39, 0.29) is 12.4 Å². The number of nitrogens with zero attached hydrogens (tertiary/aromatic N) is 2. The maximum absolute atomic E-state index is 4.43. The molecule has 0 aliphatic heterocycles. The van der Waals surface area contributed by atoms with E-state index in [1.165, 1.54) is 15.8 Å². The Labute approximate surface area is 109 Å². The number of aromatic nitrogens is 3. The smallest absolute Gasteiger partial charge is 0.0891 e. The average Bonchev–Trinajstić information content (AvgIpc) is 2.86. The van der Waals surface area contributed by atoms with Crippen molar-refractivity contribution in [3.8, 4) is 11.1 Å². The summed E-state index contributed by atoms with van der Waals surface area (Å²) in [5, 5.41) is 7.25. The zero-order valence-corrected chi connectivity index (χ0v) is 11.2. The minimum absolute atomic E-state index is 0. The van der Waals surface area contributed by atoms with Gasteiger partial charge in [0, 0.05) is 16.8 Å². The van der Waals surface area contributed by atoms with Gasteiger partial charge in [0.2, 0.25) is 0 Å². The van der Waals surface area contributed by atoms with Gasteiger partial charge >= 0.3 is 0 Å². The molecule has 0 saturated heterocycles. The number of para-hydroxylation sites is 1. The number of H-pyrrole nitrogens is 1.